The van der Waals surface area contributed by atoms with Crippen LogP contribution in [0.4, 0.5) is 0 Å². The Hall–Kier alpha value is 1.69. The minimum Gasteiger partial charge on any atom is -0.852 e. The van der Waals surface area contributed by atoms with E-state index in [1.54, 1.807) is 83.1 Å². The first-order chi connectivity index (χ1) is 18.0. The molecule has 0 bridgehead atoms. The van der Waals surface area contributed by atoms with Crippen molar-refractivity contribution in [3.8, 4) is 0 Å². The molecular formula is C27H62O11P2Ti2. The SMILES string of the molecule is CC(C)COP(=O)([O-])[O-].CC(C)[O-].CC(C)[O-].CC(C)[O-].CC(C)[O-].CC(C)[O-].CCCCO[P-]OCCCC.[Ti+4].[Ti+4]. The van der Waals surface area contributed by atoms with E-state index in [1.165, 1.54) is 12.8 Å². The smallest absolute Gasteiger partial charge is 0.852 e. The molecule has 0 aromatic heterocycles. The van der Waals surface area contributed by atoms with Crippen LogP contribution in [-0.4, -0.2) is 50.3 Å². The molecule has 0 aromatic rings. The second kappa shape index (κ2) is 55.1. The Morgan fingerprint density at radius 1 is 0.571 bits per heavy atom. The van der Waals surface area contributed by atoms with Crippen molar-refractivity contribution in [2.75, 3.05) is 19.8 Å². The number of hydrogen-bond acceptors (Lipinski definition) is 11. The molecule has 0 atom stereocenters. The van der Waals surface area contributed by atoms with Gasteiger partial charge in [0, 0.05) is 13.2 Å². The largest absolute Gasteiger partial charge is 4.00 e. The third kappa shape index (κ3) is 280. The van der Waals surface area contributed by atoms with Crippen molar-refractivity contribution >= 4 is 16.9 Å². The summed E-state index contributed by atoms with van der Waals surface area (Å²) in [5.74, 6) is 0.0706. The number of phosphoric ester groups is 1. The maximum absolute atomic E-state index is 9.79. The normalized spacial score (nSPS) is 9.69. The minimum absolute atomic E-state index is 0. The Labute approximate surface area is 291 Å². The summed E-state index contributed by atoms with van der Waals surface area (Å²) in [7, 11) is -4.03. The van der Waals surface area contributed by atoms with Crippen LogP contribution in [0.5, 0.6) is 0 Å². The monoisotopic (exact) mass is 720 g/mol. The first-order valence-electron chi connectivity index (χ1n) is 13.9. The van der Waals surface area contributed by atoms with Gasteiger partial charge in [0.05, 0.1) is 14.4 Å². The summed E-state index contributed by atoms with van der Waals surface area (Å²) in [5, 5.41) is 47.6. The zero-order chi connectivity index (χ0) is 33.7. The molecule has 0 saturated carbocycles. The third-order valence-corrected chi connectivity index (χ3v) is 2.89. The number of hydrogen-bond donors (Lipinski definition) is 0. The van der Waals surface area contributed by atoms with Gasteiger partial charge in [-0.05, 0) is 18.8 Å². The summed E-state index contributed by atoms with van der Waals surface area (Å²) >= 11 is 0. The second-order valence-corrected chi connectivity index (χ2v) is 11.6. The van der Waals surface area contributed by atoms with Crippen molar-refractivity contribution in [1.29, 1.82) is 0 Å². The molecular weight excluding hydrogens is 658 g/mol. The van der Waals surface area contributed by atoms with Crippen LogP contribution in [0.15, 0.2) is 0 Å². The minimum atomic E-state index is -4.72. The van der Waals surface area contributed by atoms with Gasteiger partial charge in [0.1, 0.15) is 0 Å². The van der Waals surface area contributed by atoms with E-state index in [0.29, 0.717) is 9.03 Å². The fourth-order valence-electron chi connectivity index (χ4n) is 0.770. The maximum Gasteiger partial charge on any atom is 4.00 e. The van der Waals surface area contributed by atoms with Crippen LogP contribution < -0.4 is 35.3 Å². The van der Waals surface area contributed by atoms with Gasteiger partial charge in [-0.1, -0.05) is 110 Å². The predicted octanol–water partition coefficient (Wildman–Crippen LogP) is 1.65. The molecule has 0 amide bonds. The zero-order valence-corrected chi connectivity index (χ0v) is 33.7. The fraction of sp³-hybridized carbons (Fsp3) is 1.00. The molecule has 0 unspecified atom stereocenters. The van der Waals surface area contributed by atoms with Gasteiger partial charge in [-0.3, -0.25) is 0 Å². The van der Waals surface area contributed by atoms with Crippen LogP contribution in [0.25, 0.3) is 0 Å². The summed E-state index contributed by atoms with van der Waals surface area (Å²) < 4.78 is 24.1. The van der Waals surface area contributed by atoms with Crippen molar-refractivity contribution in [2.45, 2.75) is 153 Å². The van der Waals surface area contributed by atoms with Gasteiger partial charge in [0.25, 0.3) is 0 Å². The summed E-state index contributed by atoms with van der Waals surface area (Å²) in [5.41, 5.74) is 0. The molecule has 0 rings (SSSR count). The van der Waals surface area contributed by atoms with Gasteiger partial charge in [-0.25, -0.2) is 9.03 Å². The molecule has 0 spiro atoms. The molecule has 0 aliphatic rings. The zero-order valence-electron chi connectivity index (χ0n) is 28.8. The first kappa shape index (κ1) is 66.2. The molecule has 0 saturated heterocycles. The summed E-state index contributed by atoms with van der Waals surface area (Å²) in [4.78, 5) is 19.6. The van der Waals surface area contributed by atoms with E-state index in [1.807, 2.05) is 0 Å². The first-order valence-corrected chi connectivity index (χ1v) is 16.1. The Morgan fingerprint density at radius 2 is 0.786 bits per heavy atom. The Kier molecular flexibility index (Phi) is 86.8. The average Bonchev–Trinajstić information content (AvgIpc) is 2.70. The van der Waals surface area contributed by atoms with E-state index in [4.69, 9.17) is 9.05 Å². The van der Waals surface area contributed by atoms with E-state index >= 15 is 0 Å². The third-order valence-electron chi connectivity index (χ3n) is 1.85. The van der Waals surface area contributed by atoms with Crippen molar-refractivity contribution in [1.82, 2.24) is 0 Å². The molecule has 0 fully saturated rings. The summed E-state index contributed by atoms with van der Waals surface area (Å²) in [6.45, 7) is 25.6. The van der Waals surface area contributed by atoms with E-state index in [-0.39, 0.29) is 56.0 Å². The molecule has 0 aromatic carbocycles. The van der Waals surface area contributed by atoms with Gasteiger partial charge in [0.2, 0.25) is 0 Å². The van der Waals surface area contributed by atoms with E-state index in [0.717, 1.165) is 26.1 Å². The van der Waals surface area contributed by atoms with Crippen molar-refractivity contribution in [3.05, 3.63) is 0 Å². The Morgan fingerprint density at radius 3 is 0.905 bits per heavy atom. The quantitative estimate of drug-likeness (QED) is 0.170. The Balaban J connectivity index is -0.0000000452. The molecule has 0 aliphatic carbocycles. The second-order valence-electron chi connectivity index (χ2n) is 9.83. The number of rotatable bonds is 11. The molecule has 11 nitrogen and oxygen atoms in total. The van der Waals surface area contributed by atoms with Crippen LogP contribution in [0.3, 0.4) is 0 Å². The predicted molar refractivity (Wildman–Crippen MR) is 153 cm³/mol. The number of unbranched alkanes of at least 4 members (excludes halogenated alkanes) is 2. The van der Waals surface area contributed by atoms with Gasteiger partial charge in [-0.15, -0.1) is 30.5 Å². The molecule has 254 valence electrons. The van der Waals surface area contributed by atoms with Crippen LogP contribution in [0.1, 0.15) is 123 Å². The van der Waals surface area contributed by atoms with Crippen LogP contribution in [-0.2, 0) is 61.6 Å². The van der Waals surface area contributed by atoms with Crippen LogP contribution in [0, 0.1) is 5.92 Å². The number of phosphoric acid groups is 1. The molecule has 0 radical (unpaired) electrons. The Bertz CT molecular complexity index is 388. The standard InChI is InChI=1S/C8H18O2P.C4H11O4P.5C3H7O.2Ti/c1-3-5-7-9-11-10-8-6-4-2;1-4(2)3-8-9(5,6)7;5*1-3(2)4;;/h3-8H2,1-2H3;4H,3H2,1-2H3,(H2,5,6,7);5*3H,1-2H3;;/q-1;;5*-1;2*+4/p-2. The van der Waals surface area contributed by atoms with Gasteiger partial charge in [-0.2, -0.15) is 0 Å². The maximum atomic E-state index is 9.79. The van der Waals surface area contributed by atoms with E-state index in [2.05, 4.69) is 18.4 Å². The molecule has 15 heteroatoms. The topological polar surface area (TPSA) is 206 Å². The van der Waals surface area contributed by atoms with Gasteiger partial charge in [0.15, 0.2) is 0 Å². The molecule has 0 heterocycles. The van der Waals surface area contributed by atoms with Crippen LogP contribution >= 0.6 is 16.9 Å². The summed E-state index contributed by atoms with van der Waals surface area (Å²) in [6, 6.07) is 0. The molecule has 42 heavy (non-hydrogen) atoms. The van der Waals surface area contributed by atoms with E-state index in [9.17, 15) is 39.9 Å². The fourth-order valence-corrected chi connectivity index (χ4v) is 1.73. The average molecular weight is 720 g/mol. The van der Waals surface area contributed by atoms with Crippen molar-refractivity contribution in [3.63, 3.8) is 0 Å². The van der Waals surface area contributed by atoms with Gasteiger partial charge < -0.3 is 53.5 Å². The van der Waals surface area contributed by atoms with Crippen molar-refractivity contribution in [2.24, 2.45) is 5.92 Å². The van der Waals surface area contributed by atoms with Crippen LogP contribution in [0.2, 0.25) is 0 Å². The van der Waals surface area contributed by atoms with Gasteiger partial charge >= 0.3 is 43.4 Å². The van der Waals surface area contributed by atoms with E-state index < -0.39 is 38.3 Å². The van der Waals surface area contributed by atoms with Crippen molar-refractivity contribution < 1.29 is 96.9 Å². The molecule has 0 aliphatic heterocycles. The summed E-state index contributed by atoms with van der Waals surface area (Å²) in [6.07, 6.45) is 2.54. The molecule has 0 N–H and O–H groups in total.